The average molecular weight is 432 g/mol. The van der Waals surface area contributed by atoms with Crippen LogP contribution in [-0.4, -0.2) is 68.2 Å². The summed E-state index contributed by atoms with van der Waals surface area (Å²) in [7, 11) is 0. The van der Waals surface area contributed by atoms with Gasteiger partial charge in [-0.3, -0.25) is 9.69 Å². The van der Waals surface area contributed by atoms with Gasteiger partial charge in [-0.1, -0.05) is 40.7 Å². The first kappa shape index (κ1) is 23.9. The minimum atomic E-state index is -0.0438. The van der Waals surface area contributed by atoms with Crippen molar-refractivity contribution < 1.29 is 14.3 Å². The quantitative estimate of drug-likeness (QED) is 0.713. The fourth-order valence-corrected chi connectivity index (χ4v) is 4.09. The van der Waals surface area contributed by atoms with Crippen molar-refractivity contribution in [1.29, 1.82) is 0 Å². The van der Waals surface area contributed by atoms with Crippen LogP contribution < -0.4 is 14.8 Å². The van der Waals surface area contributed by atoms with Gasteiger partial charge >= 0.3 is 0 Å². The van der Waals surface area contributed by atoms with Crippen molar-refractivity contribution >= 4 is 5.91 Å². The number of benzene rings is 1. The van der Waals surface area contributed by atoms with Crippen LogP contribution in [0.4, 0.5) is 0 Å². The van der Waals surface area contributed by atoms with E-state index in [1.165, 1.54) is 6.42 Å². The maximum absolute atomic E-state index is 12.9. The Hall–Kier alpha value is -1.79. The van der Waals surface area contributed by atoms with Gasteiger partial charge in [0.1, 0.15) is 0 Å². The fourth-order valence-electron chi connectivity index (χ4n) is 4.09. The van der Waals surface area contributed by atoms with E-state index in [0.717, 1.165) is 56.2 Å². The Kier molecular flexibility index (Phi) is 8.23. The predicted molar refractivity (Wildman–Crippen MR) is 125 cm³/mol. The number of rotatable bonds is 7. The highest BCUT2D eigenvalue weighted by Gasteiger charge is 2.24. The highest BCUT2D eigenvalue weighted by Crippen LogP contribution is 2.34. The van der Waals surface area contributed by atoms with Crippen LogP contribution in [0.3, 0.4) is 0 Å². The van der Waals surface area contributed by atoms with E-state index >= 15 is 0 Å². The van der Waals surface area contributed by atoms with Crippen molar-refractivity contribution in [3.8, 4) is 11.5 Å². The topological polar surface area (TPSA) is 54.0 Å². The third kappa shape index (κ3) is 7.39. The molecule has 0 radical (unpaired) electrons. The summed E-state index contributed by atoms with van der Waals surface area (Å²) in [5, 5.41) is 3.27. The van der Waals surface area contributed by atoms with E-state index < -0.39 is 0 Å². The van der Waals surface area contributed by atoms with Crippen molar-refractivity contribution in [1.82, 2.24) is 15.1 Å². The Balaban J connectivity index is 1.52. The van der Waals surface area contributed by atoms with Crippen molar-refractivity contribution in [3.63, 3.8) is 0 Å². The molecule has 2 aliphatic rings. The van der Waals surface area contributed by atoms with Crippen molar-refractivity contribution in [3.05, 3.63) is 23.8 Å². The number of ether oxygens (including phenoxy) is 2. The van der Waals surface area contributed by atoms with Crippen LogP contribution >= 0.6 is 0 Å². The third-order valence-electron chi connectivity index (χ3n) is 6.12. The van der Waals surface area contributed by atoms with E-state index in [1.807, 2.05) is 18.2 Å². The van der Waals surface area contributed by atoms with E-state index in [4.69, 9.17) is 9.47 Å². The Morgan fingerprint density at radius 1 is 1.03 bits per heavy atom. The molecule has 1 aromatic carbocycles. The van der Waals surface area contributed by atoms with E-state index in [9.17, 15) is 4.79 Å². The van der Waals surface area contributed by atoms with E-state index in [1.54, 1.807) is 0 Å². The third-order valence-corrected chi connectivity index (χ3v) is 6.12. The van der Waals surface area contributed by atoms with Crippen molar-refractivity contribution in [2.75, 3.05) is 52.5 Å². The van der Waals surface area contributed by atoms with Gasteiger partial charge in [-0.2, -0.15) is 0 Å². The molecule has 0 bridgehead atoms. The molecule has 1 unspecified atom stereocenters. The van der Waals surface area contributed by atoms with Gasteiger partial charge in [0.15, 0.2) is 11.5 Å². The number of piperazine rings is 1. The van der Waals surface area contributed by atoms with Gasteiger partial charge in [-0.05, 0) is 42.0 Å². The van der Waals surface area contributed by atoms with E-state index in [2.05, 4.69) is 49.7 Å². The molecule has 2 heterocycles. The zero-order chi connectivity index (χ0) is 22.4. The van der Waals surface area contributed by atoms with Gasteiger partial charge in [0.25, 0.3) is 0 Å². The SMILES string of the molecule is CC(C)C(NC(=O)CN1CCN(CCC(C)(C)C)CC1)c1ccc2c(c1)OCCCO2. The van der Waals surface area contributed by atoms with Crippen LogP contribution in [-0.2, 0) is 4.79 Å². The van der Waals surface area contributed by atoms with Gasteiger partial charge in [-0.25, -0.2) is 0 Å². The summed E-state index contributed by atoms with van der Waals surface area (Å²) in [6.45, 7) is 18.1. The maximum Gasteiger partial charge on any atom is 0.234 e. The molecule has 31 heavy (non-hydrogen) atoms. The smallest absolute Gasteiger partial charge is 0.234 e. The van der Waals surface area contributed by atoms with Crippen molar-refractivity contribution in [2.24, 2.45) is 11.3 Å². The molecule has 0 aromatic heterocycles. The number of nitrogens with zero attached hydrogens (tertiary/aromatic N) is 2. The van der Waals surface area contributed by atoms with Crippen LogP contribution in [0.2, 0.25) is 0 Å². The second-order valence-electron chi connectivity index (χ2n) is 10.5. The Morgan fingerprint density at radius 2 is 1.68 bits per heavy atom. The number of fused-ring (bicyclic) bond motifs is 1. The van der Waals surface area contributed by atoms with Gasteiger partial charge in [0, 0.05) is 32.6 Å². The molecule has 3 rings (SSSR count). The first-order chi connectivity index (χ1) is 14.7. The molecule has 6 heteroatoms. The standard InChI is InChI=1S/C25H41N3O3/c1-19(2)24(20-7-8-21-22(17-20)31-16-6-15-30-21)26-23(29)18-28-13-11-27(12-14-28)10-9-25(3,4)5/h7-8,17,19,24H,6,9-16,18H2,1-5H3,(H,26,29). The van der Waals surface area contributed by atoms with Gasteiger partial charge in [-0.15, -0.1) is 0 Å². The fraction of sp³-hybridized carbons (Fsp3) is 0.720. The highest BCUT2D eigenvalue weighted by atomic mass is 16.5. The van der Waals surface area contributed by atoms with Crippen LogP contribution in [0, 0.1) is 11.3 Å². The minimum Gasteiger partial charge on any atom is -0.490 e. The van der Waals surface area contributed by atoms with Gasteiger partial charge in [0.2, 0.25) is 5.91 Å². The zero-order valence-electron chi connectivity index (χ0n) is 20.1. The molecule has 1 atom stereocenters. The zero-order valence-corrected chi connectivity index (χ0v) is 20.1. The summed E-state index contributed by atoms with van der Waals surface area (Å²) in [4.78, 5) is 17.7. The second kappa shape index (κ2) is 10.7. The molecule has 1 saturated heterocycles. The number of hydrogen-bond donors (Lipinski definition) is 1. The summed E-state index contributed by atoms with van der Waals surface area (Å²) in [6.07, 6.45) is 2.09. The molecule has 6 nitrogen and oxygen atoms in total. The second-order valence-corrected chi connectivity index (χ2v) is 10.5. The molecular weight excluding hydrogens is 390 g/mol. The molecule has 1 N–H and O–H groups in total. The molecule has 174 valence electrons. The predicted octanol–water partition coefficient (Wildman–Crippen LogP) is 3.72. The summed E-state index contributed by atoms with van der Waals surface area (Å²) in [5.41, 5.74) is 1.44. The normalized spacial score (nSPS) is 19.2. The van der Waals surface area contributed by atoms with Crippen LogP contribution in [0.25, 0.3) is 0 Å². The number of hydrogen-bond acceptors (Lipinski definition) is 5. The number of amides is 1. The van der Waals surface area contributed by atoms with E-state index in [-0.39, 0.29) is 17.9 Å². The maximum atomic E-state index is 12.9. The lowest BCUT2D eigenvalue weighted by atomic mass is 9.92. The molecule has 0 spiro atoms. The molecule has 1 aromatic rings. The molecular formula is C25H41N3O3. The summed E-state index contributed by atoms with van der Waals surface area (Å²) in [6, 6.07) is 6.00. The molecule has 0 saturated carbocycles. The molecule has 1 amide bonds. The van der Waals surface area contributed by atoms with Gasteiger partial charge in [0.05, 0.1) is 25.8 Å². The highest BCUT2D eigenvalue weighted by molar-refractivity contribution is 5.78. The number of carbonyl (C=O) groups excluding carboxylic acids is 1. The van der Waals surface area contributed by atoms with Crippen LogP contribution in [0.1, 0.15) is 59.1 Å². The lowest BCUT2D eigenvalue weighted by Crippen LogP contribution is -2.50. The van der Waals surface area contributed by atoms with Crippen molar-refractivity contribution in [2.45, 2.75) is 53.5 Å². The lowest BCUT2D eigenvalue weighted by Gasteiger charge is -2.36. The number of carbonyl (C=O) groups is 1. The van der Waals surface area contributed by atoms with Crippen LogP contribution in [0.5, 0.6) is 11.5 Å². The summed E-state index contributed by atoms with van der Waals surface area (Å²) in [5.74, 6) is 1.94. The number of nitrogens with one attached hydrogen (secondary N) is 1. The Bertz CT molecular complexity index is 721. The van der Waals surface area contributed by atoms with E-state index in [0.29, 0.717) is 25.2 Å². The Morgan fingerprint density at radius 3 is 2.32 bits per heavy atom. The molecule has 0 aliphatic carbocycles. The molecule has 2 aliphatic heterocycles. The van der Waals surface area contributed by atoms with Crippen LogP contribution in [0.15, 0.2) is 18.2 Å². The monoisotopic (exact) mass is 431 g/mol. The first-order valence-corrected chi connectivity index (χ1v) is 11.8. The average Bonchev–Trinajstić information content (AvgIpc) is 2.95. The first-order valence-electron chi connectivity index (χ1n) is 11.8. The lowest BCUT2D eigenvalue weighted by molar-refractivity contribution is -0.123. The summed E-state index contributed by atoms with van der Waals surface area (Å²) >= 11 is 0. The molecule has 1 fully saturated rings. The minimum absolute atomic E-state index is 0.0438. The Labute approximate surface area is 188 Å². The van der Waals surface area contributed by atoms with Gasteiger partial charge < -0.3 is 19.7 Å². The largest absolute Gasteiger partial charge is 0.490 e. The summed E-state index contributed by atoms with van der Waals surface area (Å²) < 4.78 is 11.6.